The molecule has 0 aliphatic carbocycles. The van der Waals surface area contributed by atoms with Crippen LogP contribution in [0.4, 0.5) is 5.69 Å². The Morgan fingerprint density at radius 1 is 1.18 bits per heavy atom. The molecule has 0 bridgehead atoms. The van der Waals surface area contributed by atoms with E-state index >= 15 is 0 Å². The zero-order valence-electron chi connectivity index (χ0n) is 9.17. The van der Waals surface area contributed by atoms with Crippen LogP contribution < -0.4 is 5.73 Å². The molecule has 2 N–H and O–H groups in total. The molecule has 0 saturated heterocycles. The summed E-state index contributed by atoms with van der Waals surface area (Å²) >= 11 is 1.57. The second-order valence-corrected chi connectivity index (χ2v) is 6.60. The van der Waals surface area contributed by atoms with Crippen molar-refractivity contribution >= 4 is 26.9 Å². The van der Waals surface area contributed by atoms with Crippen LogP contribution in [0.3, 0.4) is 0 Å². The van der Waals surface area contributed by atoms with Gasteiger partial charge in [-0.3, -0.25) is 0 Å². The highest BCUT2D eigenvalue weighted by Gasteiger charge is 2.16. The van der Waals surface area contributed by atoms with E-state index in [0.717, 1.165) is 5.56 Å². The fraction of sp³-hybridized carbons (Fsp3) is 0.167. The molecule has 2 aromatic rings. The Morgan fingerprint density at radius 2 is 1.94 bits per heavy atom. The molecule has 3 nitrogen and oxygen atoms in total. The third-order valence-corrected chi connectivity index (χ3v) is 5.01. The normalized spacial score (nSPS) is 11.5. The van der Waals surface area contributed by atoms with Gasteiger partial charge in [-0.05, 0) is 40.9 Å². The number of thiophene rings is 1. The van der Waals surface area contributed by atoms with E-state index in [2.05, 4.69) is 0 Å². The molecular weight excluding hydrogens is 254 g/mol. The van der Waals surface area contributed by atoms with Gasteiger partial charge in [0.25, 0.3) is 0 Å². The fourth-order valence-electron chi connectivity index (χ4n) is 1.56. The summed E-state index contributed by atoms with van der Waals surface area (Å²) in [6, 6.07) is 8.52. The average Bonchev–Trinajstić information content (AvgIpc) is 2.80. The molecule has 5 heteroatoms. The summed E-state index contributed by atoms with van der Waals surface area (Å²) in [4.78, 5) is 0.232. The number of rotatable bonds is 4. The second kappa shape index (κ2) is 4.89. The van der Waals surface area contributed by atoms with Crippen LogP contribution in [0.5, 0.6) is 0 Å². The molecule has 0 aliphatic rings. The fourth-order valence-corrected chi connectivity index (χ4v) is 3.70. The number of nitrogens with two attached hydrogens (primary N) is 1. The largest absolute Gasteiger partial charge is 0.398 e. The summed E-state index contributed by atoms with van der Waals surface area (Å²) in [5, 5.41) is 3.91. The Morgan fingerprint density at radius 3 is 2.59 bits per heavy atom. The van der Waals surface area contributed by atoms with E-state index in [-0.39, 0.29) is 10.6 Å². The van der Waals surface area contributed by atoms with Crippen LogP contribution in [-0.2, 0) is 16.3 Å². The molecule has 2 rings (SSSR count). The summed E-state index contributed by atoms with van der Waals surface area (Å²) in [6.45, 7) is 0. The third kappa shape index (κ3) is 2.87. The van der Waals surface area contributed by atoms with Gasteiger partial charge in [0.05, 0.1) is 16.3 Å². The predicted octanol–water partition coefficient (Wildman–Crippen LogP) is 2.35. The van der Waals surface area contributed by atoms with E-state index in [1.807, 2.05) is 16.8 Å². The van der Waals surface area contributed by atoms with Crippen molar-refractivity contribution in [2.45, 2.75) is 11.3 Å². The molecular formula is C12H13NO2S2. The first-order chi connectivity index (χ1) is 8.09. The number of hydrogen-bond donors (Lipinski definition) is 1. The zero-order valence-corrected chi connectivity index (χ0v) is 10.8. The molecule has 1 heterocycles. The Bertz CT molecular complexity index is 589. The Hall–Kier alpha value is -1.33. The van der Waals surface area contributed by atoms with Gasteiger partial charge in [-0.2, -0.15) is 11.3 Å². The topological polar surface area (TPSA) is 60.2 Å². The Balaban J connectivity index is 2.17. The van der Waals surface area contributed by atoms with Crippen LogP contribution in [0.2, 0.25) is 0 Å². The van der Waals surface area contributed by atoms with Crippen molar-refractivity contribution in [1.82, 2.24) is 0 Å². The molecule has 0 unspecified atom stereocenters. The maximum Gasteiger partial charge on any atom is 0.180 e. The van der Waals surface area contributed by atoms with Crippen molar-refractivity contribution in [2.75, 3.05) is 11.5 Å². The lowest BCUT2D eigenvalue weighted by molar-refractivity contribution is 0.595. The van der Waals surface area contributed by atoms with E-state index in [9.17, 15) is 8.42 Å². The van der Waals surface area contributed by atoms with Crippen LogP contribution in [0, 0.1) is 0 Å². The zero-order chi connectivity index (χ0) is 12.3. The quantitative estimate of drug-likeness (QED) is 0.865. The highest BCUT2D eigenvalue weighted by Crippen LogP contribution is 2.20. The number of nitrogen functional groups attached to an aromatic ring is 1. The van der Waals surface area contributed by atoms with Gasteiger partial charge in [0.1, 0.15) is 0 Å². The molecule has 0 aliphatic heterocycles. The maximum atomic E-state index is 12.1. The molecule has 1 aromatic heterocycles. The lowest BCUT2D eigenvalue weighted by Crippen LogP contribution is -2.11. The SMILES string of the molecule is Nc1ccccc1S(=O)(=O)CCc1ccsc1. The standard InChI is InChI=1S/C12H13NO2S2/c13-11-3-1-2-4-12(11)17(14,15)8-6-10-5-7-16-9-10/h1-5,7,9H,6,8,13H2. The lowest BCUT2D eigenvalue weighted by atomic mass is 10.3. The monoisotopic (exact) mass is 267 g/mol. The number of benzene rings is 1. The van der Waals surface area contributed by atoms with Gasteiger partial charge in [0, 0.05) is 0 Å². The first-order valence-corrected chi connectivity index (χ1v) is 7.77. The molecule has 0 amide bonds. The van der Waals surface area contributed by atoms with Gasteiger partial charge in [-0.1, -0.05) is 12.1 Å². The van der Waals surface area contributed by atoms with E-state index < -0.39 is 9.84 Å². The predicted molar refractivity (Wildman–Crippen MR) is 70.9 cm³/mol. The lowest BCUT2D eigenvalue weighted by Gasteiger charge is -2.06. The van der Waals surface area contributed by atoms with E-state index in [4.69, 9.17) is 5.73 Å². The number of aryl methyl sites for hydroxylation is 1. The number of sulfone groups is 1. The smallest absolute Gasteiger partial charge is 0.180 e. The molecule has 0 saturated carbocycles. The van der Waals surface area contributed by atoms with Crippen molar-refractivity contribution in [1.29, 1.82) is 0 Å². The molecule has 0 atom stereocenters. The summed E-state index contributed by atoms with van der Waals surface area (Å²) in [6.07, 6.45) is 0.528. The molecule has 0 radical (unpaired) electrons. The number of para-hydroxylation sites is 1. The van der Waals surface area contributed by atoms with Crippen LogP contribution in [0.1, 0.15) is 5.56 Å². The van der Waals surface area contributed by atoms with Gasteiger partial charge < -0.3 is 5.73 Å². The first kappa shape index (κ1) is 12.1. The van der Waals surface area contributed by atoms with Crippen molar-refractivity contribution in [3.05, 3.63) is 46.7 Å². The highest BCUT2D eigenvalue weighted by atomic mass is 32.2. The van der Waals surface area contributed by atoms with Crippen molar-refractivity contribution in [3.63, 3.8) is 0 Å². The Kier molecular flexibility index (Phi) is 3.49. The van der Waals surface area contributed by atoms with Gasteiger partial charge in [0.15, 0.2) is 9.84 Å². The molecule has 0 fully saturated rings. The maximum absolute atomic E-state index is 12.1. The third-order valence-electron chi connectivity index (χ3n) is 2.49. The summed E-state index contributed by atoms with van der Waals surface area (Å²) in [5.74, 6) is 0.0952. The molecule has 17 heavy (non-hydrogen) atoms. The Labute approximate surface area is 105 Å². The molecule has 0 spiro atoms. The van der Waals surface area contributed by atoms with Crippen LogP contribution in [-0.4, -0.2) is 14.2 Å². The number of hydrogen-bond acceptors (Lipinski definition) is 4. The van der Waals surface area contributed by atoms with Crippen LogP contribution in [0.25, 0.3) is 0 Å². The van der Waals surface area contributed by atoms with Crippen LogP contribution in [0.15, 0.2) is 46.0 Å². The van der Waals surface area contributed by atoms with E-state index in [1.165, 1.54) is 0 Å². The summed E-state index contributed by atoms with van der Waals surface area (Å²) < 4.78 is 24.1. The minimum Gasteiger partial charge on any atom is -0.398 e. The van der Waals surface area contributed by atoms with Crippen molar-refractivity contribution in [2.24, 2.45) is 0 Å². The summed E-state index contributed by atoms with van der Waals surface area (Å²) in [5.41, 5.74) is 7.05. The van der Waals surface area contributed by atoms with Crippen LogP contribution >= 0.6 is 11.3 Å². The van der Waals surface area contributed by atoms with E-state index in [1.54, 1.807) is 35.6 Å². The number of anilines is 1. The molecule has 90 valence electrons. The van der Waals surface area contributed by atoms with Gasteiger partial charge in [-0.25, -0.2) is 8.42 Å². The van der Waals surface area contributed by atoms with Gasteiger partial charge in [-0.15, -0.1) is 0 Å². The van der Waals surface area contributed by atoms with Gasteiger partial charge in [0.2, 0.25) is 0 Å². The minimum absolute atomic E-state index is 0.0952. The minimum atomic E-state index is -3.29. The van der Waals surface area contributed by atoms with E-state index in [0.29, 0.717) is 12.1 Å². The summed E-state index contributed by atoms with van der Waals surface area (Å²) in [7, 11) is -3.29. The molecule has 1 aromatic carbocycles. The first-order valence-electron chi connectivity index (χ1n) is 5.18. The van der Waals surface area contributed by atoms with Gasteiger partial charge >= 0.3 is 0 Å². The average molecular weight is 267 g/mol. The second-order valence-electron chi connectivity index (χ2n) is 3.74. The van der Waals surface area contributed by atoms with Crippen molar-refractivity contribution in [3.8, 4) is 0 Å². The highest BCUT2D eigenvalue weighted by molar-refractivity contribution is 7.91. The van der Waals surface area contributed by atoms with Crippen molar-refractivity contribution < 1.29 is 8.42 Å².